The fourth-order valence-electron chi connectivity index (χ4n) is 1.79. The van der Waals surface area contributed by atoms with Crippen LogP contribution in [0.25, 0.3) is 0 Å². The highest BCUT2D eigenvalue weighted by atomic mass is 32.1. The number of allylic oxidation sites excluding steroid dienone is 6. The molecule has 25 heavy (non-hydrogen) atoms. The highest BCUT2D eigenvalue weighted by Crippen LogP contribution is 2.22. The Balaban J connectivity index is 4.57. The minimum atomic E-state index is -1.84. The van der Waals surface area contributed by atoms with Crippen LogP contribution >= 0.6 is 12.6 Å². The zero-order chi connectivity index (χ0) is 19.1. The average molecular weight is 371 g/mol. The first-order valence-electron chi connectivity index (χ1n) is 8.67. The molecular formula is C20H32F2N2S. The Kier molecular flexibility index (Phi) is 13.1. The predicted octanol–water partition coefficient (Wildman–Crippen LogP) is 5.26. The third-order valence-electron chi connectivity index (χ3n) is 3.93. The molecule has 0 aliphatic heterocycles. The molecular weight excluding hydrogens is 338 g/mol. The first-order chi connectivity index (χ1) is 11.9. The van der Waals surface area contributed by atoms with Gasteiger partial charge in [-0.3, -0.25) is 4.99 Å². The molecule has 1 unspecified atom stereocenters. The van der Waals surface area contributed by atoms with Crippen molar-refractivity contribution in [1.82, 2.24) is 5.32 Å². The molecule has 0 spiro atoms. The largest absolute Gasteiger partial charge is 0.385 e. The lowest BCUT2D eigenvalue weighted by Gasteiger charge is -2.22. The number of halogens is 2. The van der Waals surface area contributed by atoms with Gasteiger partial charge in [-0.15, -0.1) is 0 Å². The summed E-state index contributed by atoms with van der Waals surface area (Å²) < 4.78 is 26.4. The van der Waals surface area contributed by atoms with E-state index in [4.69, 9.17) is 0 Å². The molecule has 0 aliphatic carbocycles. The summed E-state index contributed by atoms with van der Waals surface area (Å²) in [4.78, 5) is 4.20. The van der Waals surface area contributed by atoms with Crippen LogP contribution < -0.4 is 5.32 Å². The smallest absolute Gasteiger partial charge is 0.140 e. The molecule has 0 saturated heterocycles. The molecule has 0 bridgehead atoms. The van der Waals surface area contributed by atoms with Crippen molar-refractivity contribution >= 4 is 18.8 Å². The fraction of sp³-hybridized carbons (Fsp3) is 0.550. The van der Waals surface area contributed by atoms with E-state index in [1.807, 2.05) is 31.2 Å². The van der Waals surface area contributed by atoms with Crippen molar-refractivity contribution in [2.75, 3.05) is 25.5 Å². The van der Waals surface area contributed by atoms with E-state index in [1.54, 1.807) is 19.2 Å². The van der Waals surface area contributed by atoms with Crippen molar-refractivity contribution < 1.29 is 8.78 Å². The van der Waals surface area contributed by atoms with Crippen LogP contribution in [0.15, 0.2) is 53.2 Å². The molecule has 0 rings (SSSR count). The lowest BCUT2D eigenvalue weighted by atomic mass is 9.94. The Bertz CT molecular complexity index is 494. The monoisotopic (exact) mass is 370 g/mol. The van der Waals surface area contributed by atoms with Crippen molar-refractivity contribution in [3.8, 4) is 0 Å². The predicted molar refractivity (Wildman–Crippen MR) is 110 cm³/mol. The quantitative estimate of drug-likeness (QED) is 0.196. The standard InChI is InChI=1S/C20H32F2N2S/c1-5-18(15-23-14-17(3)20(4,22)16-21)10-9-11-19(6-2)24-12-7-8-13-25/h5-6,9-11,15,17,24-25H,1,7-8,12-14,16H2,2-4H3/b11-9+,18-10+,19-6-,23-15?/t17-,20?/m1/s1. The van der Waals surface area contributed by atoms with Crippen LogP contribution in [0.1, 0.15) is 33.6 Å². The first kappa shape index (κ1) is 23.6. The van der Waals surface area contributed by atoms with Crippen molar-refractivity contribution in [3.63, 3.8) is 0 Å². The molecule has 0 aliphatic rings. The number of alkyl halides is 2. The summed E-state index contributed by atoms with van der Waals surface area (Å²) in [6.07, 6.45) is 13.3. The van der Waals surface area contributed by atoms with Gasteiger partial charge in [0.05, 0.1) is 0 Å². The topological polar surface area (TPSA) is 24.4 Å². The van der Waals surface area contributed by atoms with Crippen LogP contribution in [0.3, 0.4) is 0 Å². The summed E-state index contributed by atoms with van der Waals surface area (Å²) in [5.74, 6) is 0.422. The van der Waals surface area contributed by atoms with Crippen molar-refractivity contribution in [1.29, 1.82) is 0 Å². The van der Waals surface area contributed by atoms with Gasteiger partial charge in [-0.2, -0.15) is 12.6 Å². The summed E-state index contributed by atoms with van der Waals surface area (Å²) in [7, 11) is 0. The van der Waals surface area contributed by atoms with Crippen LogP contribution in [-0.4, -0.2) is 37.4 Å². The normalized spacial score (nSPS) is 17.0. The van der Waals surface area contributed by atoms with Crippen LogP contribution in [-0.2, 0) is 0 Å². The lowest BCUT2D eigenvalue weighted by molar-refractivity contribution is 0.0831. The van der Waals surface area contributed by atoms with Crippen molar-refractivity contribution in [2.24, 2.45) is 10.9 Å². The lowest BCUT2D eigenvalue weighted by Crippen LogP contribution is -2.31. The molecule has 2 nitrogen and oxygen atoms in total. The molecule has 0 aromatic rings. The molecule has 0 amide bonds. The Morgan fingerprint density at radius 3 is 2.68 bits per heavy atom. The highest BCUT2D eigenvalue weighted by molar-refractivity contribution is 7.80. The number of hydrogen-bond donors (Lipinski definition) is 2. The minimum absolute atomic E-state index is 0.235. The number of rotatable bonds is 13. The molecule has 0 fully saturated rings. The van der Waals surface area contributed by atoms with Gasteiger partial charge in [-0.05, 0) is 44.1 Å². The molecule has 5 heteroatoms. The van der Waals surface area contributed by atoms with Gasteiger partial charge in [0.1, 0.15) is 12.3 Å². The van der Waals surface area contributed by atoms with Crippen LogP contribution in [0.4, 0.5) is 8.78 Å². The molecule has 0 saturated carbocycles. The Hall–Kier alpha value is -1.36. The molecule has 2 atom stereocenters. The second-order valence-corrected chi connectivity index (χ2v) is 6.59. The molecule has 142 valence electrons. The van der Waals surface area contributed by atoms with Crippen molar-refractivity contribution in [3.05, 3.63) is 48.2 Å². The van der Waals surface area contributed by atoms with Crippen LogP contribution in [0, 0.1) is 5.92 Å². The fourth-order valence-corrected chi connectivity index (χ4v) is 2.02. The Morgan fingerprint density at radius 2 is 2.12 bits per heavy atom. The van der Waals surface area contributed by atoms with Gasteiger partial charge in [0.2, 0.25) is 0 Å². The maximum Gasteiger partial charge on any atom is 0.140 e. The first-order valence-corrected chi connectivity index (χ1v) is 9.31. The van der Waals surface area contributed by atoms with E-state index >= 15 is 0 Å². The summed E-state index contributed by atoms with van der Waals surface area (Å²) >= 11 is 4.19. The van der Waals surface area contributed by atoms with E-state index < -0.39 is 18.3 Å². The van der Waals surface area contributed by atoms with Crippen LogP contribution in [0.2, 0.25) is 0 Å². The van der Waals surface area contributed by atoms with Gasteiger partial charge in [0, 0.05) is 30.9 Å². The average Bonchev–Trinajstić information content (AvgIpc) is 2.61. The number of hydrogen-bond acceptors (Lipinski definition) is 3. The van der Waals surface area contributed by atoms with Gasteiger partial charge in [0.15, 0.2) is 0 Å². The van der Waals surface area contributed by atoms with Gasteiger partial charge in [-0.1, -0.05) is 37.8 Å². The van der Waals surface area contributed by atoms with E-state index in [2.05, 4.69) is 29.5 Å². The maximum absolute atomic E-state index is 13.8. The third kappa shape index (κ3) is 11.0. The number of thiol groups is 1. The molecule has 0 radical (unpaired) electrons. The van der Waals surface area contributed by atoms with Gasteiger partial charge in [0.25, 0.3) is 0 Å². The number of unbranched alkanes of at least 4 members (excludes halogenated alkanes) is 1. The van der Waals surface area contributed by atoms with Gasteiger partial charge >= 0.3 is 0 Å². The summed E-state index contributed by atoms with van der Waals surface area (Å²) in [5, 5.41) is 3.35. The van der Waals surface area contributed by atoms with E-state index in [0.717, 1.165) is 36.4 Å². The molecule has 0 heterocycles. The Labute approximate surface area is 157 Å². The summed E-state index contributed by atoms with van der Waals surface area (Å²) in [6.45, 7) is 8.80. The second-order valence-electron chi connectivity index (χ2n) is 6.14. The van der Waals surface area contributed by atoms with E-state index in [0.29, 0.717) is 0 Å². The molecule has 0 aromatic heterocycles. The SMILES string of the molecule is C=C\C(C=NC[C@@H](C)C(C)(F)CF)=C/C=C/C(=C/C)NCCCCS. The highest BCUT2D eigenvalue weighted by Gasteiger charge is 2.30. The number of aliphatic imine (C=N–C) groups is 1. The van der Waals surface area contributed by atoms with Gasteiger partial charge in [-0.25, -0.2) is 8.78 Å². The Morgan fingerprint density at radius 1 is 1.40 bits per heavy atom. The van der Waals surface area contributed by atoms with E-state index in [9.17, 15) is 8.78 Å². The second kappa shape index (κ2) is 13.9. The minimum Gasteiger partial charge on any atom is -0.385 e. The maximum atomic E-state index is 13.8. The zero-order valence-electron chi connectivity index (χ0n) is 15.6. The molecule has 0 aromatic carbocycles. The van der Waals surface area contributed by atoms with Crippen LogP contribution in [0.5, 0.6) is 0 Å². The summed E-state index contributed by atoms with van der Waals surface area (Å²) in [6, 6.07) is 0. The van der Waals surface area contributed by atoms with Gasteiger partial charge < -0.3 is 5.32 Å². The zero-order valence-corrected chi connectivity index (χ0v) is 16.5. The number of nitrogens with zero attached hydrogens (tertiary/aromatic N) is 1. The van der Waals surface area contributed by atoms with Crippen molar-refractivity contribution in [2.45, 2.75) is 39.3 Å². The van der Waals surface area contributed by atoms with E-state index in [1.165, 1.54) is 6.92 Å². The summed E-state index contributed by atoms with van der Waals surface area (Å²) in [5.41, 5.74) is 0.0182. The number of nitrogens with one attached hydrogen (secondary N) is 1. The molecule has 1 N–H and O–H groups in total. The third-order valence-corrected chi connectivity index (χ3v) is 4.25. The van der Waals surface area contributed by atoms with E-state index in [-0.39, 0.29) is 6.54 Å².